The summed E-state index contributed by atoms with van der Waals surface area (Å²) in [5.74, 6) is 0.242. The van der Waals surface area contributed by atoms with E-state index in [1.54, 1.807) is 0 Å². The third-order valence-electron chi connectivity index (χ3n) is 2.77. The van der Waals surface area contributed by atoms with Gasteiger partial charge in [0.05, 0.1) is 12.1 Å². The van der Waals surface area contributed by atoms with Crippen LogP contribution in [-0.2, 0) is 11.0 Å². The van der Waals surface area contributed by atoms with Crippen LogP contribution < -0.4 is 10.6 Å². The van der Waals surface area contributed by atoms with Gasteiger partial charge in [0.15, 0.2) is 0 Å². The lowest BCUT2D eigenvalue weighted by Gasteiger charge is -2.13. The highest BCUT2D eigenvalue weighted by atomic mass is 79.9. The number of hydrogen-bond acceptors (Lipinski definition) is 2. The van der Waals surface area contributed by atoms with Crippen LogP contribution in [0.1, 0.15) is 25.8 Å². The second-order valence-electron chi connectivity index (χ2n) is 5.08. The standard InChI is InChI=1S/C14H18BrF3N2O/c1-9(2)5-6-19-13(21)8-20-10-3-4-12(15)11(7-10)14(16,17)18/h3-4,7,9,20H,5-6,8H2,1-2H3,(H,19,21). The van der Waals surface area contributed by atoms with Crippen molar-refractivity contribution in [3.63, 3.8) is 0 Å². The van der Waals surface area contributed by atoms with Crippen LogP contribution in [0.3, 0.4) is 0 Å². The number of halogens is 4. The van der Waals surface area contributed by atoms with Gasteiger partial charge in [-0.1, -0.05) is 29.8 Å². The monoisotopic (exact) mass is 366 g/mol. The highest BCUT2D eigenvalue weighted by molar-refractivity contribution is 9.10. The smallest absolute Gasteiger partial charge is 0.376 e. The zero-order valence-electron chi connectivity index (χ0n) is 11.9. The van der Waals surface area contributed by atoms with Gasteiger partial charge in [0.1, 0.15) is 0 Å². The number of carbonyl (C=O) groups is 1. The van der Waals surface area contributed by atoms with Crippen LogP contribution in [0.4, 0.5) is 18.9 Å². The van der Waals surface area contributed by atoms with Gasteiger partial charge < -0.3 is 10.6 Å². The van der Waals surface area contributed by atoms with Gasteiger partial charge in [-0.3, -0.25) is 4.79 Å². The quantitative estimate of drug-likeness (QED) is 0.797. The van der Waals surface area contributed by atoms with Crippen molar-refractivity contribution in [3.05, 3.63) is 28.2 Å². The van der Waals surface area contributed by atoms with Crippen molar-refractivity contribution in [3.8, 4) is 0 Å². The average molecular weight is 367 g/mol. The summed E-state index contributed by atoms with van der Waals surface area (Å²) in [6, 6.07) is 3.77. The Morgan fingerprint density at radius 2 is 2.00 bits per heavy atom. The van der Waals surface area contributed by atoms with E-state index in [4.69, 9.17) is 0 Å². The van der Waals surface area contributed by atoms with Crippen molar-refractivity contribution >= 4 is 27.5 Å². The molecule has 1 aromatic carbocycles. The lowest BCUT2D eigenvalue weighted by Crippen LogP contribution is -2.31. The summed E-state index contributed by atoms with van der Waals surface area (Å²) < 4.78 is 38.2. The second-order valence-corrected chi connectivity index (χ2v) is 5.93. The summed E-state index contributed by atoms with van der Waals surface area (Å²) in [5, 5.41) is 5.40. The first-order valence-electron chi connectivity index (χ1n) is 6.57. The number of rotatable bonds is 6. The number of benzene rings is 1. The van der Waals surface area contributed by atoms with E-state index in [0.29, 0.717) is 12.5 Å². The molecule has 0 aliphatic rings. The Labute approximate surface area is 130 Å². The van der Waals surface area contributed by atoms with Gasteiger partial charge in [0.25, 0.3) is 0 Å². The molecule has 0 unspecified atom stereocenters. The van der Waals surface area contributed by atoms with Gasteiger partial charge in [-0.25, -0.2) is 0 Å². The van der Waals surface area contributed by atoms with Crippen molar-refractivity contribution < 1.29 is 18.0 Å². The topological polar surface area (TPSA) is 41.1 Å². The summed E-state index contributed by atoms with van der Waals surface area (Å²) >= 11 is 2.87. The molecule has 0 aliphatic heterocycles. The SMILES string of the molecule is CC(C)CCNC(=O)CNc1ccc(Br)c(C(F)(F)F)c1. The summed E-state index contributed by atoms with van der Waals surface area (Å²) in [5.41, 5.74) is -0.516. The molecule has 7 heteroatoms. The number of alkyl halides is 3. The van der Waals surface area contributed by atoms with Gasteiger partial charge in [0, 0.05) is 16.7 Å². The Morgan fingerprint density at radius 3 is 2.57 bits per heavy atom. The summed E-state index contributed by atoms with van der Waals surface area (Å²) in [4.78, 5) is 11.5. The molecule has 21 heavy (non-hydrogen) atoms. The molecule has 0 heterocycles. The first-order valence-corrected chi connectivity index (χ1v) is 7.36. The second kappa shape index (κ2) is 7.68. The molecule has 0 radical (unpaired) electrons. The Balaban J connectivity index is 2.54. The van der Waals surface area contributed by atoms with Crippen molar-refractivity contribution in [2.24, 2.45) is 5.92 Å². The van der Waals surface area contributed by atoms with E-state index in [-0.39, 0.29) is 22.6 Å². The molecule has 1 rings (SSSR count). The normalized spacial score (nSPS) is 11.6. The molecule has 0 aliphatic carbocycles. The fraction of sp³-hybridized carbons (Fsp3) is 0.500. The van der Waals surface area contributed by atoms with Gasteiger partial charge >= 0.3 is 6.18 Å². The highest BCUT2D eigenvalue weighted by Crippen LogP contribution is 2.36. The fourth-order valence-electron chi connectivity index (χ4n) is 1.60. The molecule has 1 aromatic rings. The maximum atomic E-state index is 12.7. The molecule has 0 bridgehead atoms. The van der Waals surface area contributed by atoms with Gasteiger partial charge in [-0.2, -0.15) is 13.2 Å². The molecule has 0 fully saturated rings. The number of carbonyl (C=O) groups excluding carboxylic acids is 1. The van der Waals surface area contributed by atoms with E-state index < -0.39 is 11.7 Å². The maximum Gasteiger partial charge on any atom is 0.417 e. The predicted octanol–water partition coefficient (Wildman–Crippen LogP) is 4.04. The third-order valence-corrected chi connectivity index (χ3v) is 3.46. The van der Waals surface area contributed by atoms with Crippen LogP contribution >= 0.6 is 15.9 Å². The molecule has 1 amide bonds. The largest absolute Gasteiger partial charge is 0.417 e. The number of nitrogens with one attached hydrogen (secondary N) is 2. The van der Waals surface area contributed by atoms with Crippen molar-refractivity contribution in [1.29, 1.82) is 0 Å². The zero-order chi connectivity index (χ0) is 16.0. The Hall–Kier alpha value is -1.24. The molecule has 3 nitrogen and oxygen atoms in total. The first kappa shape index (κ1) is 17.8. The van der Waals surface area contributed by atoms with E-state index in [9.17, 15) is 18.0 Å². The van der Waals surface area contributed by atoms with Crippen molar-refractivity contribution in [2.75, 3.05) is 18.4 Å². The van der Waals surface area contributed by atoms with E-state index >= 15 is 0 Å². The molecule has 0 saturated heterocycles. The predicted molar refractivity (Wildman–Crippen MR) is 80.1 cm³/mol. The first-order chi connectivity index (χ1) is 9.70. The molecule has 0 aromatic heterocycles. The van der Waals surface area contributed by atoms with Crippen LogP contribution in [0.25, 0.3) is 0 Å². The van der Waals surface area contributed by atoms with Crippen molar-refractivity contribution in [1.82, 2.24) is 5.32 Å². The molecular weight excluding hydrogens is 349 g/mol. The minimum absolute atomic E-state index is 0.0260. The Morgan fingerprint density at radius 1 is 1.33 bits per heavy atom. The minimum atomic E-state index is -4.43. The minimum Gasteiger partial charge on any atom is -0.376 e. The molecule has 2 N–H and O–H groups in total. The lowest BCUT2D eigenvalue weighted by atomic mass is 10.1. The fourth-order valence-corrected chi connectivity index (χ4v) is 2.07. The van der Waals surface area contributed by atoms with E-state index in [1.807, 2.05) is 13.8 Å². The molecule has 0 saturated carbocycles. The lowest BCUT2D eigenvalue weighted by molar-refractivity contribution is -0.138. The summed E-state index contributed by atoms with van der Waals surface area (Å²) in [6.07, 6.45) is -3.57. The van der Waals surface area contributed by atoms with Crippen LogP contribution in [-0.4, -0.2) is 19.0 Å². The van der Waals surface area contributed by atoms with E-state index in [2.05, 4.69) is 26.6 Å². The molecule has 0 spiro atoms. The van der Waals surface area contributed by atoms with Crippen LogP contribution in [0.2, 0.25) is 0 Å². The van der Waals surface area contributed by atoms with Crippen molar-refractivity contribution in [2.45, 2.75) is 26.4 Å². The van der Waals surface area contributed by atoms with Gasteiger partial charge in [-0.15, -0.1) is 0 Å². The summed E-state index contributed by atoms with van der Waals surface area (Å²) in [7, 11) is 0. The zero-order valence-corrected chi connectivity index (χ0v) is 13.4. The van der Waals surface area contributed by atoms with Crippen LogP contribution in [0.15, 0.2) is 22.7 Å². The highest BCUT2D eigenvalue weighted by Gasteiger charge is 2.33. The summed E-state index contributed by atoms with van der Waals surface area (Å²) in [6.45, 7) is 4.60. The maximum absolute atomic E-state index is 12.7. The number of amides is 1. The number of hydrogen-bond donors (Lipinski definition) is 2. The van der Waals surface area contributed by atoms with Crippen LogP contribution in [0.5, 0.6) is 0 Å². The molecular formula is C14H18BrF3N2O. The molecule has 0 atom stereocenters. The number of anilines is 1. The Bertz CT molecular complexity index is 490. The Kier molecular flexibility index (Phi) is 6.51. The van der Waals surface area contributed by atoms with Crippen LogP contribution in [0, 0.1) is 5.92 Å². The molecule has 118 valence electrons. The van der Waals surface area contributed by atoms with E-state index in [0.717, 1.165) is 12.5 Å². The third kappa shape index (κ3) is 6.37. The van der Waals surface area contributed by atoms with Gasteiger partial charge in [0.2, 0.25) is 5.91 Å². The van der Waals surface area contributed by atoms with E-state index in [1.165, 1.54) is 12.1 Å². The average Bonchev–Trinajstić information content (AvgIpc) is 2.36. The van der Waals surface area contributed by atoms with Gasteiger partial charge in [-0.05, 0) is 30.5 Å².